The van der Waals surface area contributed by atoms with Gasteiger partial charge in [0.15, 0.2) is 17.9 Å². The van der Waals surface area contributed by atoms with Gasteiger partial charge >= 0.3 is 0 Å². The molecule has 8 nitrogen and oxygen atoms in total. The Hall–Kier alpha value is -2.82. The number of benzene rings is 1. The molecule has 0 amide bonds. The average molecular weight is 490 g/mol. The van der Waals surface area contributed by atoms with Crippen LogP contribution in [0.1, 0.15) is 23.7 Å². The third-order valence-electron chi connectivity index (χ3n) is 5.36. The van der Waals surface area contributed by atoms with E-state index in [1.54, 1.807) is 28.9 Å². The highest BCUT2D eigenvalue weighted by atomic mass is 32.2. The molecule has 1 aliphatic rings. The molecule has 10 heteroatoms. The van der Waals surface area contributed by atoms with E-state index in [2.05, 4.69) is 33.9 Å². The number of carbonyl (C=O) groups is 1. The molecule has 0 spiro atoms. The molecule has 0 radical (unpaired) electrons. The second-order valence-electron chi connectivity index (χ2n) is 7.83. The fourth-order valence-electron chi connectivity index (χ4n) is 3.53. The molecule has 1 fully saturated rings. The van der Waals surface area contributed by atoms with Crippen molar-refractivity contribution in [3.63, 3.8) is 0 Å². The minimum atomic E-state index is -0.478. The van der Waals surface area contributed by atoms with Crippen molar-refractivity contribution < 1.29 is 18.7 Å². The molecule has 4 rings (SSSR count). The average Bonchev–Trinajstić information content (AvgIpc) is 3.26. The number of methoxy groups -OCH3 is 2. The molecule has 1 saturated heterocycles. The standard InChI is InChI=1S/C19H20FN3O3S.C5H12N2/c1-4-5-27-22-15-7-12(6-14(20)19(15)26-3)16-9-21-18-8-17(25-2)13(11-24)10-23(16)18;1-7-4-2-6-3-5-7/h6-11,22H,4-5H2,1-3H3;6H,2-5H2,1H3. The van der Waals surface area contributed by atoms with Crippen molar-refractivity contribution in [3.05, 3.63) is 42.0 Å². The summed E-state index contributed by atoms with van der Waals surface area (Å²) in [5, 5.41) is 3.27. The molecule has 0 unspecified atom stereocenters. The zero-order valence-electron chi connectivity index (χ0n) is 20.1. The number of hydrogen-bond donors (Lipinski definition) is 2. The van der Waals surface area contributed by atoms with E-state index >= 15 is 0 Å². The lowest BCUT2D eigenvalue weighted by atomic mass is 10.1. The molecule has 1 aliphatic heterocycles. The van der Waals surface area contributed by atoms with Crippen LogP contribution in [0.15, 0.2) is 30.6 Å². The van der Waals surface area contributed by atoms with Gasteiger partial charge < -0.3 is 24.4 Å². The maximum absolute atomic E-state index is 14.6. The first-order chi connectivity index (χ1) is 16.5. The van der Waals surface area contributed by atoms with Gasteiger partial charge in [0.05, 0.1) is 37.4 Å². The molecule has 2 aromatic heterocycles. The number of aromatic nitrogens is 2. The number of nitrogens with one attached hydrogen (secondary N) is 2. The van der Waals surface area contributed by atoms with Crippen molar-refractivity contribution >= 4 is 29.6 Å². The van der Waals surface area contributed by atoms with Gasteiger partial charge in [0.25, 0.3) is 0 Å². The van der Waals surface area contributed by atoms with Crippen LogP contribution >= 0.6 is 11.9 Å². The lowest BCUT2D eigenvalue weighted by molar-refractivity contribution is 0.112. The van der Waals surface area contributed by atoms with E-state index in [9.17, 15) is 9.18 Å². The maximum Gasteiger partial charge on any atom is 0.178 e. The monoisotopic (exact) mass is 489 g/mol. The van der Waals surface area contributed by atoms with E-state index in [1.807, 2.05) is 0 Å². The molecule has 0 bridgehead atoms. The Balaban J connectivity index is 0.000000396. The van der Waals surface area contributed by atoms with E-state index in [0.717, 1.165) is 25.3 Å². The number of halogens is 1. The molecular weight excluding hydrogens is 457 g/mol. The van der Waals surface area contributed by atoms with Gasteiger partial charge in [-0.1, -0.05) is 18.9 Å². The summed E-state index contributed by atoms with van der Waals surface area (Å²) in [6, 6.07) is 4.87. The molecule has 184 valence electrons. The number of carbonyl (C=O) groups excluding carboxylic acids is 1. The van der Waals surface area contributed by atoms with Crippen LogP contribution < -0.4 is 19.5 Å². The van der Waals surface area contributed by atoms with Crippen LogP contribution in [0.25, 0.3) is 16.9 Å². The van der Waals surface area contributed by atoms with Gasteiger partial charge in [-0.25, -0.2) is 9.37 Å². The second kappa shape index (κ2) is 12.6. The SMILES string of the molecule is CCCSNc1cc(-c2cnc3cc(OC)c(C=O)cn23)cc(F)c1OC.CN1CCNCC1. The number of rotatable bonds is 8. The van der Waals surface area contributed by atoms with Crippen LogP contribution in [0.2, 0.25) is 0 Å². The lowest BCUT2D eigenvalue weighted by Gasteiger charge is -2.21. The zero-order valence-corrected chi connectivity index (χ0v) is 20.9. The predicted octanol–water partition coefficient (Wildman–Crippen LogP) is 3.96. The fourth-order valence-corrected chi connectivity index (χ4v) is 4.15. The summed E-state index contributed by atoms with van der Waals surface area (Å²) in [6.45, 7) is 6.81. The molecule has 0 saturated carbocycles. The topological polar surface area (TPSA) is 80.1 Å². The number of imidazole rings is 1. The Morgan fingerprint density at radius 3 is 2.59 bits per heavy atom. The number of likely N-dealkylation sites (N-methyl/N-ethyl adjacent to an activating group) is 1. The third kappa shape index (κ3) is 6.19. The van der Waals surface area contributed by atoms with Gasteiger partial charge in [0.1, 0.15) is 11.4 Å². The van der Waals surface area contributed by atoms with E-state index in [1.165, 1.54) is 45.3 Å². The van der Waals surface area contributed by atoms with E-state index in [0.29, 0.717) is 40.2 Å². The molecule has 0 aliphatic carbocycles. The highest BCUT2D eigenvalue weighted by molar-refractivity contribution is 8.00. The van der Waals surface area contributed by atoms with Crippen LogP contribution in [-0.4, -0.2) is 73.8 Å². The number of aldehydes is 1. The summed E-state index contributed by atoms with van der Waals surface area (Å²) in [4.78, 5) is 18.0. The van der Waals surface area contributed by atoms with Gasteiger partial charge in [-0.15, -0.1) is 0 Å². The van der Waals surface area contributed by atoms with Crippen molar-refractivity contribution in [1.29, 1.82) is 0 Å². The Morgan fingerprint density at radius 2 is 2.00 bits per heavy atom. The van der Waals surface area contributed by atoms with E-state index < -0.39 is 5.82 Å². The number of ether oxygens (including phenoxy) is 2. The highest BCUT2D eigenvalue weighted by Gasteiger charge is 2.16. The number of pyridine rings is 1. The molecule has 1 aromatic carbocycles. The zero-order chi connectivity index (χ0) is 24.5. The number of anilines is 1. The lowest BCUT2D eigenvalue weighted by Crippen LogP contribution is -2.40. The molecular formula is C24H32FN5O3S. The Bertz CT molecular complexity index is 1100. The Kier molecular flexibility index (Phi) is 9.55. The highest BCUT2D eigenvalue weighted by Crippen LogP contribution is 2.36. The smallest absolute Gasteiger partial charge is 0.178 e. The first-order valence-electron chi connectivity index (χ1n) is 11.2. The van der Waals surface area contributed by atoms with Crippen LogP contribution in [-0.2, 0) is 0 Å². The molecule has 3 heterocycles. The maximum atomic E-state index is 14.6. The Labute approximate surface area is 204 Å². The number of hydrogen-bond acceptors (Lipinski definition) is 8. The van der Waals surface area contributed by atoms with Gasteiger partial charge in [0, 0.05) is 49.8 Å². The first kappa shape index (κ1) is 25.8. The predicted molar refractivity (Wildman–Crippen MR) is 136 cm³/mol. The van der Waals surface area contributed by atoms with Crippen LogP contribution in [0, 0.1) is 5.82 Å². The molecule has 2 N–H and O–H groups in total. The quantitative estimate of drug-likeness (QED) is 0.280. The van der Waals surface area contributed by atoms with E-state index in [4.69, 9.17) is 9.47 Å². The third-order valence-corrected chi connectivity index (χ3v) is 6.33. The van der Waals surface area contributed by atoms with Gasteiger partial charge in [-0.2, -0.15) is 0 Å². The molecule has 0 atom stereocenters. The number of fused-ring (bicyclic) bond motifs is 1. The number of piperazine rings is 1. The summed E-state index contributed by atoms with van der Waals surface area (Å²) in [7, 11) is 5.08. The van der Waals surface area contributed by atoms with Gasteiger partial charge in [-0.05, 0) is 25.6 Å². The minimum absolute atomic E-state index is 0.159. The minimum Gasteiger partial charge on any atom is -0.496 e. The van der Waals surface area contributed by atoms with Crippen molar-refractivity contribution in [2.24, 2.45) is 0 Å². The fraction of sp³-hybridized carbons (Fsp3) is 0.417. The summed E-state index contributed by atoms with van der Waals surface area (Å²) < 4.78 is 29.9. The van der Waals surface area contributed by atoms with Gasteiger partial charge in [0.2, 0.25) is 0 Å². The normalized spacial score (nSPS) is 13.8. The van der Waals surface area contributed by atoms with E-state index in [-0.39, 0.29) is 5.75 Å². The van der Waals surface area contributed by atoms with Crippen LogP contribution in [0.5, 0.6) is 11.5 Å². The summed E-state index contributed by atoms with van der Waals surface area (Å²) >= 11 is 1.48. The van der Waals surface area contributed by atoms with Crippen molar-refractivity contribution in [1.82, 2.24) is 19.6 Å². The Morgan fingerprint density at radius 1 is 1.24 bits per heavy atom. The largest absolute Gasteiger partial charge is 0.496 e. The van der Waals surface area contributed by atoms with Crippen LogP contribution in [0.4, 0.5) is 10.1 Å². The molecule has 3 aromatic rings. The number of nitrogens with zero attached hydrogens (tertiary/aromatic N) is 3. The first-order valence-corrected chi connectivity index (χ1v) is 12.2. The summed E-state index contributed by atoms with van der Waals surface area (Å²) in [5.41, 5.74) is 2.79. The van der Waals surface area contributed by atoms with Crippen LogP contribution in [0.3, 0.4) is 0 Å². The molecule has 34 heavy (non-hydrogen) atoms. The van der Waals surface area contributed by atoms with Crippen molar-refractivity contribution in [2.45, 2.75) is 13.3 Å². The summed E-state index contributed by atoms with van der Waals surface area (Å²) in [5.74, 6) is 1.00. The van der Waals surface area contributed by atoms with Gasteiger partial charge in [-0.3, -0.25) is 9.20 Å². The van der Waals surface area contributed by atoms with Crippen molar-refractivity contribution in [3.8, 4) is 22.8 Å². The summed E-state index contributed by atoms with van der Waals surface area (Å²) in [6.07, 6.45) is 4.97. The second-order valence-corrected chi connectivity index (χ2v) is 8.73. The van der Waals surface area contributed by atoms with Crippen molar-refractivity contribution in [2.75, 3.05) is 57.9 Å².